The topological polar surface area (TPSA) is 56.3 Å². The zero-order chi connectivity index (χ0) is 16.7. The highest BCUT2D eigenvalue weighted by atomic mass is 16.3. The van der Waals surface area contributed by atoms with E-state index in [1.165, 1.54) is 0 Å². The Labute approximate surface area is 140 Å². The SMILES string of the molecule is CC1(O)CCN(C(=O)Cc2c[nH]c3ccccc23)c2ccccc21. The summed E-state index contributed by atoms with van der Waals surface area (Å²) < 4.78 is 0. The molecule has 0 aliphatic carbocycles. The molecule has 0 spiro atoms. The second kappa shape index (κ2) is 5.49. The van der Waals surface area contributed by atoms with Crippen LogP contribution in [-0.4, -0.2) is 22.5 Å². The third kappa shape index (κ3) is 2.39. The third-order valence-electron chi connectivity index (χ3n) is 4.91. The number of nitrogens with zero attached hydrogens (tertiary/aromatic N) is 1. The average Bonchev–Trinajstić information content (AvgIpc) is 2.98. The molecule has 0 saturated carbocycles. The smallest absolute Gasteiger partial charge is 0.231 e. The molecule has 0 bridgehead atoms. The third-order valence-corrected chi connectivity index (χ3v) is 4.91. The standard InChI is InChI=1S/C20H20N2O2/c1-20(24)10-11-22(18-9-5-3-7-16(18)20)19(23)12-14-13-21-17-8-4-2-6-15(14)17/h2-9,13,21,24H,10-12H2,1H3. The van der Waals surface area contributed by atoms with Gasteiger partial charge in [-0.05, 0) is 31.0 Å². The number of para-hydroxylation sites is 2. The summed E-state index contributed by atoms with van der Waals surface area (Å²) in [5.41, 5.74) is 2.81. The molecular weight excluding hydrogens is 300 g/mol. The van der Waals surface area contributed by atoms with Crippen LogP contribution in [0.25, 0.3) is 10.9 Å². The molecule has 1 amide bonds. The summed E-state index contributed by atoms with van der Waals surface area (Å²) in [7, 11) is 0. The van der Waals surface area contributed by atoms with Crippen molar-refractivity contribution in [1.29, 1.82) is 0 Å². The molecule has 1 aromatic heterocycles. The number of carbonyl (C=O) groups excluding carboxylic acids is 1. The fraction of sp³-hybridized carbons (Fsp3) is 0.250. The van der Waals surface area contributed by atoms with E-state index in [1.54, 1.807) is 4.90 Å². The Morgan fingerprint density at radius 3 is 2.83 bits per heavy atom. The van der Waals surface area contributed by atoms with Crippen molar-refractivity contribution in [2.45, 2.75) is 25.4 Å². The van der Waals surface area contributed by atoms with Gasteiger partial charge in [-0.1, -0.05) is 36.4 Å². The maximum Gasteiger partial charge on any atom is 0.231 e. The van der Waals surface area contributed by atoms with Gasteiger partial charge in [-0.25, -0.2) is 0 Å². The van der Waals surface area contributed by atoms with E-state index in [-0.39, 0.29) is 5.91 Å². The molecule has 0 radical (unpaired) electrons. The highest BCUT2D eigenvalue weighted by Crippen LogP contribution is 2.38. The molecular formula is C20H20N2O2. The second-order valence-electron chi connectivity index (χ2n) is 6.62. The van der Waals surface area contributed by atoms with E-state index in [4.69, 9.17) is 0 Å². The first-order valence-corrected chi connectivity index (χ1v) is 8.23. The monoisotopic (exact) mass is 320 g/mol. The van der Waals surface area contributed by atoms with Crippen LogP contribution in [0.1, 0.15) is 24.5 Å². The minimum absolute atomic E-state index is 0.0581. The molecule has 122 valence electrons. The van der Waals surface area contributed by atoms with Crippen molar-refractivity contribution in [3.05, 3.63) is 65.9 Å². The van der Waals surface area contributed by atoms with Gasteiger partial charge in [0.2, 0.25) is 5.91 Å². The number of benzene rings is 2. The Hall–Kier alpha value is -2.59. The molecule has 2 aromatic carbocycles. The number of amides is 1. The molecule has 4 heteroatoms. The predicted molar refractivity (Wildman–Crippen MR) is 95.0 cm³/mol. The van der Waals surface area contributed by atoms with E-state index in [2.05, 4.69) is 4.98 Å². The number of carbonyl (C=O) groups is 1. The molecule has 0 saturated heterocycles. The number of hydrogen-bond donors (Lipinski definition) is 2. The number of aromatic nitrogens is 1. The maximum absolute atomic E-state index is 12.9. The van der Waals surface area contributed by atoms with Gasteiger partial charge in [0.1, 0.15) is 0 Å². The molecule has 3 aromatic rings. The highest BCUT2D eigenvalue weighted by molar-refractivity contribution is 5.98. The fourth-order valence-electron chi connectivity index (χ4n) is 3.54. The van der Waals surface area contributed by atoms with E-state index >= 15 is 0 Å². The normalized spacial score (nSPS) is 20.2. The lowest BCUT2D eigenvalue weighted by Crippen LogP contribution is -2.42. The first-order valence-electron chi connectivity index (χ1n) is 8.23. The lowest BCUT2D eigenvalue weighted by Gasteiger charge is -2.38. The Balaban J connectivity index is 1.66. The van der Waals surface area contributed by atoms with Gasteiger partial charge in [0.15, 0.2) is 0 Å². The molecule has 1 unspecified atom stereocenters. The number of hydrogen-bond acceptors (Lipinski definition) is 2. The predicted octanol–water partition coefficient (Wildman–Crippen LogP) is 3.35. The summed E-state index contributed by atoms with van der Waals surface area (Å²) in [5.74, 6) is 0.0581. The summed E-state index contributed by atoms with van der Waals surface area (Å²) in [4.78, 5) is 17.9. The van der Waals surface area contributed by atoms with Crippen LogP contribution in [0.15, 0.2) is 54.7 Å². The Morgan fingerprint density at radius 2 is 1.96 bits per heavy atom. The number of anilines is 1. The summed E-state index contributed by atoms with van der Waals surface area (Å²) in [6.07, 6.45) is 2.80. The van der Waals surface area contributed by atoms with E-state index in [0.717, 1.165) is 27.7 Å². The van der Waals surface area contributed by atoms with Gasteiger partial charge in [0.05, 0.1) is 12.0 Å². The van der Waals surface area contributed by atoms with Gasteiger partial charge >= 0.3 is 0 Å². The molecule has 4 rings (SSSR count). The van der Waals surface area contributed by atoms with Crippen molar-refractivity contribution in [2.24, 2.45) is 0 Å². The summed E-state index contributed by atoms with van der Waals surface area (Å²) in [6, 6.07) is 15.6. The maximum atomic E-state index is 12.9. The van der Waals surface area contributed by atoms with Gasteiger partial charge < -0.3 is 15.0 Å². The lowest BCUT2D eigenvalue weighted by atomic mass is 9.87. The zero-order valence-corrected chi connectivity index (χ0v) is 13.6. The van der Waals surface area contributed by atoms with Crippen LogP contribution in [-0.2, 0) is 16.8 Å². The zero-order valence-electron chi connectivity index (χ0n) is 13.6. The molecule has 24 heavy (non-hydrogen) atoms. The number of aliphatic hydroxyl groups is 1. The quantitative estimate of drug-likeness (QED) is 0.761. The van der Waals surface area contributed by atoms with Crippen LogP contribution in [0.2, 0.25) is 0 Å². The van der Waals surface area contributed by atoms with E-state index < -0.39 is 5.60 Å². The van der Waals surface area contributed by atoms with Crippen molar-refractivity contribution in [1.82, 2.24) is 4.98 Å². The highest BCUT2D eigenvalue weighted by Gasteiger charge is 2.35. The van der Waals surface area contributed by atoms with Crippen molar-refractivity contribution >= 4 is 22.5 Å². The molecule has 0 fully saturated rings. The number of aromatic amines is 1. The first kappa shape index (κ1) is 15.0. The fourth-order valence-corrected chi connectivity index (χ4v) is 3.54. The van der Waals surface area contributed by atoms with Gasteiger partial charge in [-0.3, -0.25) is 4.79 Å². The van der Waals surface area contributed by atoms with Crippen LogP contribution < -0.4 is 4.90 Å². The van der Waals surface area contributed by atoms with E-state index in [0.29, 0.717) is 19.4 Å². The van der Waals surface area contributed by atoms with Crippen molar-refractivity contribution in [2.75, 3.05) is 11.4 Å². The van der Waals surface area contributed by atoms with Crippen LogP contribution in [0, 0.1) is 0 Å². The average molecular weight is 320 g/mol. The summed E-state index contributed by atoms with van der Waals surface area (Å²) in [5, 5.41) is 11.7. The number of fused-ring (bicyclic) bond motifs is 2. The van der Waals surface area contributed by atoms with Gasteiger partial charge in [0, 0.05) is 34.9 Å². The molecule has 1 atom stereocenters. The van der Waals surface area contributed by atoms with Crippen LogP contribution >= 0.6 is 0 Å². The molecule has 4 nitrogen and oxygen atoms in total. The minimum Gasteiger partial charge on any atom is -0.385 e. The molecule has 2 N–H and O–H groups in total. The van der Waals surface area contributed by atoms with Crippen LogP contribution in [0.5, 0.6) is 0 Å². The Morgan fingerprint density at radius 1 is 1.21 bits per heavy atom. The Bertz CT molecular complexity index is 911. The van der Waals surface area contributed by atoms with Crippen LogP contribution in [0.4, 0.5) is 5.69 Å². The number of nitrogens with one attached hydrogen (secondary N) is 1. The number of rotatable bonds is 2. The van der Waals surface area contributed by atoms with Gasteiger partial charge in [0.25, 0.3) is 0 Å². The lowest BCUT2D eigenvalue weighted by molar-refractivity contribution is -0.118. The van der Waals surface area contributed by atoms with Gasteiger partial charge in [-0.15, -0.1) is 0 Å². The summed E-state index contributed by atoms with van der Waals surface area (Å²) in [6.45, 7) is 2.35. The van der Waals surface area contributed by atoms with E-state index in [1.807, 2.05) is 61.7 Å². The first-order chi connectivity index (χ1) is 11.6. The molecule has 2 heterocycles. The molecule has 1 aliphatic heterocycles. The molecule has 1 aliphatic rings. The van der Waals surface area contributed by atoms with Gasteiger partial charge in [-0.2, -0.15) is 0 Å². The summed E-state index contributed by atoms with van der Waals surface area (Å²) >= 11 is 0. The largest absolute Gasteiger partial charge is 0.385 e. The minimum atomic E-state index is -0.881. The number of H-pyrrole nitrogens is 1. The van der Waals surface area contributed by atoms with Crippen molar-refractivity contribution in [3.63, 3.8) is 0 Å². The van der Waals surface area contributed by atoms with Crippen molar-refractivity contribution in [3.8, 4) is 0 Å². The van der Waals surface area contributed by atoms with Crippen molar-refractivity contribution < 1.29 is 9.90 Å². The second-order valence-corrected chi connectivity index (χ2v) is 6.62. The van der Waals surface area contributed by atoms with E-state index in [9.17, 15) is 9.90 Å². The van der Waals surface area contributed by atoms with Crippen LogP contribution in [0.3, 0.4) is 0 Å². The Kier molecular flexibility index (Phi) is 3.43.